The molecular weight excluding hydrogens is 632 g/mol. The third-order valence-electron chi connectivity index (χ3n) is 9.66. The topological polar surface area (TPSA) is 20.2 Å². The summed E-state index contributed by atoms with van der Waals surface area (Å²) in [4.78, 5) is 0. The highest BCUT2D eigenvalue weighted by atomic mass is 79.9. The zero-order valence-corrected chi connectivity index (χ0v) is 30.0. The van der Waals surface area contributed by atoms with E-state index in [-0.39, 0.29) is 0 Å². The predicted octanol–water partition coefficient (Wildman–Crippen LogP) is 12.9. The molecule has 0 aromatic heterocycles. The van der Waals surface area contributed by atoms with Crippen LogP contribution in [0.4, 0.5) is 0 Å². The lowest BCUT2D eigenvalue weighted by molar-refractivity contribution is -0.0155. The van der Waals surface area contributed by atoms with E-state index in [1.54, 1.807) is 5.57 Å². The third kappa shape index (κ3) is 10.1. The number of aliphatic hydroxyl groups is 1. The van der Waals surface area contributed by atoms with Gasteiger partial charge in [0.15, 0.2) is 0 Å². The molecule has 0 heterocycles. The van der Waals surface area contributed by atoms with E-state index in [9.17, 15) is 5.11 Å². The highest BCUT2D eigenvalue weighted by Gasteiger charge is 2.35. The Morgan fingerprint density at radius 1 is 0.707 bits per heavy atom. The number of allylic oxidation sites excluding steroid dienone is 2. The molecule has 1 saturated carbocycles. The van der Waals surface area contributed by atoms with Crippen molar-refractivity contribution in [1.29, 1.82) is 0 Å². The number of hydrogen-bond acceptors (Lipinski definition) is 1. The highest BCUT2D eigenvalue weighted by Crippen LogP contribution is 2.42. The standard InChI is InChI=1S/C19H29BrO.C19H27Br/c1-4-5-6-7-16-8-10-19(21,11-9-16)17-12-14(2)18(20)15(3)13-17;1-4-5-6-7-16-8-10-17(11-9-16)18-12-14(2)19(20)15(3)13-18/h12-13,16,21H,4-11H2,1-3H3;10,12-13,16H,4-9,11H2,1-3H3. The van der Waals surface area contributed by atoms with Gasteiger partial charge in [-0.1, -0.05) is 127 Å². The van der Waals surface area contributed by atoms with Crippen LogP contribution in [-0.4, -0.2) is 5.11 Å². The van der Waals surface area contributed by atoms with Crippen LogP contribution in [0.3, 0.4) is 0 Å². The first-order valence-electron chi connectivity index (χ1n) is 16.5. The molecule has 1 N–H and O–H groups in total. The minimum absolute atomic E-state index is 0.600. The third-order valence-corrected chi connectivity index (χ3v) is 12.2. The average molecular weight is 689 g/mol. The van der Waals surface area contributed by atoms with Gasteiger partial charge < -0.3 is 5.11 Å². The van der Waals surface area contributed by atoms with Crippen molar-refractivity contribution in [3.63, 3.8) is 0 Å². The molecule has 0 radical (unpaired) electrons. The number of benzene rings is 2. The molecule has 2 aliphatic carbocycles. The minimum atomic E-state index is -0.600. The zero-order chi connectivity index (χ0) is 30.0. The van der Waals surface area contributed by atoms with E-state index in [1.165, 1.54) is 120 Å². The molecule has 0 amide bonds. The van der Waals surface area contributed by atoms with Gasteiger partial charge in [0, 0.05) is 8.95 Å². The molecule has 2 aromatic carbocycles. The molecule has 0 bridgehead atoms. The molecular formula is C38H56Br2O. The quantitative estimate of drug-likeness (QED) is 0.246. The van der Waals surface area contributed by atoms with Crippen LogP contribution in [0, 0.1) is 39.5 Å². The lowest BCUT2D eigenvalue weighted by atomic mass is 9.73. The molecule has 1 unspecified atom stereocenters. The van der Waals surface area contributed by atoms with E-state index in [0.717, 1.165) is 30.2 Å². The first kappa shape index (κ1) is 34.6. The van der Waals surface area contributed by atoms with Crippen LogP contribution < -0.4 is 0 Å². The van der Waals surface area contributed by atoms with Crippen LogP contribution in [0.2, 0.25) is 0 Å². The fraction of sp³-hybridized carbons (Fsp3) is 0.632. The summed E-state index contributed by atoms with van der Waals surface area (Å²) >= 11 is 7.28. The van der Waals surface area contributed by atoms with Gasteiger partial charge >= 0.3 is 0 Å². The van der Waals surface area contributed by atoms with Gasteiger partial charge in [0.25, 0.3) is 0 Å². The van der Waals surface area contributed by atoms with Crippen LogP contribution in [0.5, 0.6) is 0 Å². The molecule has 2 aromatic rings. The Balaban J connectivity index is 0.000000226. The maximum Gasteiger partial charge on any atom is 0.0897 e. The smallest absolute Gasteiger partial charge is 0.0897 e. The van der Waals surface area contributed by atoms with Gasteiger partial charge in [0.05, 0.1) is 5.60 Å². The van der Waals surface area contributed by atoms with Crippen LogP contribution in [0.15, 0.2) is 39.3 Å². The normalized spacial score (nSPS) is 22.6. The Kier molecular flexibility index (Phi) is 14.2. The van der Waals surface area contributed by atoms with E-state index in [2.05, 4.69) is 104 Å². The number of halogens is 2. The molecule has 0 spiro atoms. The number of hydrogen-bond donors (Lipinski definition) is 1. The van der Waals surface area contributed by atoms with Crippen LogP contribution in [0.25, 0.3) is 5.57 Å². The summed E-state index contributed by atoms with van der Waals surface area (Å²) in [5, 5.41) is 11.1. The Morgan fingerprint density at radius 3 is 1.66 bits per heavy atom. The fourth-order valence-electron chi connectivity index (χ4n) is 6.86. The van der Waals surface area contributed by atoms with Gasteiger partial charge in [-0.25, -0.2) is 0 Å². The molecule has 0 saturated heterocycles. The molecule has 4 rings (SSSR count). The van der Waals surface area contributed by atoms with Crippen molar-refractivity contribution in [2.24, 2.45) is 11.8 Å². The van der Waals surface area contributed by atoms with Crippen molar-refractivity contribution in [2.75, 3.05) is 0 Å². The van der Waals surface area contributed by atoms with Crippen LogP contribution in [-0.2, 0) is 5.60 Å². The van der Waals surface area contributed by atoms with Crippen molar-refractivity contribution in [1.82, 2.24) is 0 Å². The monoisotopic (exact) mass is 686 g/mol. The minimum Gasteiger partial charge on any atom is -0.385 e. The van der Waals surface area contributed by atoms with E-state index in [0.29, 0.717) is 0 Å². The van der Waals surface area contributed by atoms with E-state index in [4.69, 9.17) is 0 Å². The molecule has 2 aliphatic rings. The van der Waals surface area contributed by atoms with Crippen LogP contribution in [0.1, 0.15) is 144 Å². The van der Waals surface area contributed by atoms with Gasteiger partial charge in [-0.15, -0.1) is 0 Å². The number of rotatable bonds is 10. The maximum absolute atomic E-state index is 11.1. The lowest BCUT2D eigenvalue weighted by Gasteiger charge is -2.37. The summed E-state index contributed by atoms with van der Waals surface area (Å²) in [5.74, 6) is 1.76. The Bertz CT molecular complexity index is 1090. The summed E-state index contributed by atoms with van der Waals surface area (Å²) in [6, 6.07) is 8.99. The second-order valence-corrected chi connectivity index (χ2v) is 14.8. The summed E-state index contributed by atoms with van der Waals surface area (Å²) in [6.07, 6.45) is 21.6. The first-order valence-corrected chi connectivity index (χ1v) is 18.1. The second kappa shape index (κ2) is 16.8. The first-order chi connectivity index (χ1) is 19.6. The number of aryl methyl sites for hydroxylation is 4. The summed E-state index contributed by atoms with van der Waals surface area (Å²) < 4.78 is 2.43. The van der Waals surface area contributed by atoms with Gasteiger partial charge in [-0.2, -0.15) is 0 Å². The average Bonchev–Trinajstić information content (AvgIpc) is 2.96. The van der Waals surface area contributed by atoms with E-state index < -0.39 is 5.60 Å². The van der Waals surface area contributed by atoms with Crippen molar-refractivity contribution in [2.45, 2.75) is 143 Å². The maximum atomic E-state index is 11.1. The van der Waals surface area contributed by atoms with Crippen molar-refractivity contribution < 1.29 is 5.11 Å². The molecule has 228 valence electrons. The summed E-state index contributed by atoms with van der Waals surface area (Å²) in [7, 11) is 0. The van der Waals surface area contributed by atoms with Gasteiger partial charge in [-0.3, -0.25) is 0 Å². The predicted molar refractivity (Wildman–Crippen MR) is 187 cm³/mol. The largest absolute Gasteiger partial charge is 0.385 e. The Hall–Kier alpha value is -0.900. The van der Waals surface area contributed by atoms with Crippen molar-refractivity contribution in [3.05, 3.63) is 72.7 Å². The zero-order valence-electron chi connectivity index (χ0n) is 26.9. The SMILES string of the molecule is CCCCCC1CC=C(c2cc(C)c(Br)c(C)c2)CC1.CCCCCC1CCC(O)(c2cc(C)c(Br)c(C)c2)CC1. The lowest BCUT2D eigenvalue weighted by Crippen LogP contribution is -2.31. The van der Waals surface area contributed by atoms with Crippen LogP contribution >= 0.6 is 31.9 Å². The summed E-state index contributed by atoms with van der Waals surface area (Å²) in [5.41, 5.74) is 8.68. The molecule has 1 atom stereocenters. The fourth-order valence-corrected chi connectivity index (χ4v) is 7.32. The molecule has 0 aliphatic heterocycles. The number of unbranched alkanes of at least 4 members (excludes halogenated alkanes) is 4. The molecule has 1 fully saturated rings. The van der Waals surface area contributed by atoms with E-state index in [1.807, 2.05) is 0 Å². The molecule has 3 heteroatoms. The Morgan fingerprint density at radius 2 is 1.20 bits per heavy atom. The van der Waals surface area contributed by atoms with Gasteiger partial charge in [0.2, 0.25) is 0 Å². The molecule has 41 heavy (non-hydrogen) atoms. The van der Waals surface area contributed by atoms with E-state index >= 15 is 0 Å². The van der Waals surface area contributed by atoms with Gasteiger partial charge in [-0.05, 0) is 123 Å². The second-order valence-electron chi connectivity index (χ2n) is 13.2. The van der Waals surface area contributed by atoms with Crippen molar-refractivity contribution in [3.8, 4) is 0 Å². The van der Waals surface area contributed by atoms with Crippen molar-refractivity contribution >= 4 is 37.4 Å². The molecule has 1 nitrogen and oxygen atoms in total. The summed E-state index contributed by atoms with van der Waals surface area (Å²) in [6.45, 7) is 13.2. The Labute approximate surface area is 269 Å². The van der Waals surface area contributed by atoms with Gasteiger partial charge in [0.1, 0.15) is 0 Å². The highest BCUT2D eigenvalue weighted by molar-refractivity contribution is 9.10.